The Labute approximate surface area is 123 Å². The molecule has 1 heterocycles. The molecule has 1 atom stereocenters. The van der Waals surface area contributed by atoms with E-state index in [2.05, 4.69) is 6.07 Å². The van der Waals surface area contributed by atoms with E-state index >= 15 is 0 Å². The van der Waals surface area contributed by atoms with Crippen molar-refractivity contribution in [3.8, 4) is 5.75 Å². The largest absolute Gasteiger partial charge is 0.507 e. The van der Waals surface area contributed by atoms with E-state index in [1.54, 1.807) is 41.5 Å². The van der Waals surface area contributed by atoms with Gasteiger partial charge in [0.05, 0.1) is 5.56 Å². The second-order valence-electron chi connectivity index (χ2n) is 5.07. The van der Waals surface area contributed by atoms with Crippen molar-refractivity contribution in [2.75, 3.05) is 7.05 Å². The number of aryl methyl sites for hydroxylation is 1. The average molecular weight is 289 g/mol. The fourth-order valence-corrected chi connectivity index (χ4v) is 2.89. The molecular formula is C16H19NO2S. The minimum absolute atomic E-state index is 0.0378. The standard InChI is InChI=1S/C16H19NO2S/c1-11-6-7-15(18)14(9-11)16(19)17(3)12(2)10-13-5-4-8-20-13/h4-9,12,18H,10H2,1-3H3. The van der Waals surface area contributed by atoms with Crippen LogP contribution in [0.2, 0.25) is 0 Å². The lowest BCUT2D eigenvalue weighted by molar-refractivity contribution is 0.0741. The zero-order valence-electron chi connectivity index (χ0n) is 12.0. The van der Waals surface area contributed by atoms with Crippen molar-refractivity contribution >= 4 is 17.2 Å². The molecule has 106 valence electrons. The van der Waals surface area contributed by atoms with Crippen molar-refractivity contribution in [3.63, 3.8) is 0 Å². The number of carbonyl (C=O) groups excluding carboxylic acids is 1. The molecule has 2 aromatic rings. The molecule has 0 bridgehead atoms. The van der Waals surface area contributed by atoms with Gasteiger partial charge in [0, 0.05) is 24.4 Å². The number of rotatable bonds is 4. The molecule has 1 aromatic carbocycles. The molecular weight excluding hydrogens is 270 g/mol. The molecule has 1 unspecified atom stereocenters. The third-order valence-corrected chi connectivity index (χ3v) is 4.34. The predicted octanol–water partition coefficient (Wildman–Crippen LogP) is 3.47. The van der Waals surface area contributed by atoms with Crippen molar-refractivity contribution < 1.29 is 9.90 Å². The highest BCUT2D eigenvalue weighted by atomic mass is 32.1. The molecule has 0 saturated heterocycles. The Kier molecular flexibility index (Phi) is 4.45. The van der Waals surface area contributed by atoms with E-state index in [-0.39, 0.29) is 17.7 Å². The predicted molar refractivity (Wildman–Crippen MR) is 82.4 cm³/mol. The second-order valence-corrected chi connectivity index (χ2v) is 6.10. The topological polar surface area (TPSA) is 40.5 Å². The summed E-state index contributed by atoms with van der Waals surface area (Å²) in [4.78, 5) is 15.4. The van der Waals surface area contributed by atoms with E-state index in [4.69, 9.17) is 0 Å². The number of hydrogen-bond donors (Lipinski definition) is 1. The monoisotopic (exact) mass is 289 g/mol. The third-order valence-electron chi connectivity index (χ3n) is 3.44. The number of phenolic OH excluding ortho intramolecular Hbond substituents is 1. The van der Waals surface area contributed by atoms with Crippen molar-refractivity contribution in [2.45, 2.75) is 26.3 Å². The van der Waals surface area contributed by atoms with Gasteiger partial charge in [-0.3, -0.25) is 4.79 Å². The van der Waals surface area contributed by atoms with Crippen LogP contribution >= 0.6 is 11.3 Å². The van der Waals surface area contributed by atoms with E-state index in [9.17, 15) is 9.90 Å². The first kappa shape index (κ1) is 14.6. The number of likely N-dealkylation sites (N-methyl/N-ethyl adjacent to an activating group) is 1. The smallest absolute Gasteiger partial charge is 0.257 e. The number of aromatic hydroxyl groups is 1. The summed E-state index contributed by atoms with van der Waals surface area (Å²) in [5.41, 5.74) is 1.33. The SMILES string of the molecule is Cc1ccc(O)c(C(=O)N(C)C(C)Cc2cccs2)c1. The summed E-state index contributed by atoms with van der Waals surface area (Å²) in [7, 11) is 1.78. The lowest BCUT2D eigenvalue weighted by Gasteiger charge is -2.25. The van der Waals surface area contributed by atoms with E-state index < -0.39 is 0 Å². The van der Waals surface area contributed by atoms with E-state index in [0.717, 1.165) is 12.0 Å². The van der Waals surface area contributed by atoms with Crippen LogP contribution in [0.15, 0.2) is 35.7 Å². The van der Waals surface area contributed by atoms with Crippen molar-refractivity contribution in [2.24, 2.45) is 0 Å². The van der Waals surface area contributed by atoms with Crippen LogP contribution in [0.3, 0.4) is 0 Å². The number of carbonyl (C=O) groups is 1. The van der Waals surface area contributed by atoms with Crippen LogP contribution in [0.5, 0.6) is 5.75 Å². The van der Waals surface area contributed by atoms with Crippen LogP contribution in [0, 0.1) is 6.92 Å². The van der Waals surface area contributed by atoms with Gasteiger partial charge in [0.2, 0.25) is 0 Å². The first-order valence-corrected chi connectivity index (χ1v) is 7.46. The van der Waals surface area contributed by atoms with Gasteiger partial charge in [-0.15, -0.1) is 11.3 Å². The lowest BCUT2D eigenvalue weighted by Crippen LogP contribution is -2.36. The molecule has 20 heavy (non-hydrogen) atoms. The summed E-state index contributed by atoms with van der Waals surface area (Å²) in [6.45, 7) is 3.93. The van der Waals surface area contributed by atoms with Crippen molar-refractivity contribution in [1.82, 2.24) is 4.90 Å². The van der Waals surface area contributed by atoms with E-state index in [0.29, 0.717) is 5.56 Å². The zero-order valence-corrected chi connectivity index (χ0v) is 12.8. The van der Waals surface area contributed by atoms with E-state index in [1.807, 2.05) is 25.3 Å². The van der Waals surface area contributed by atoms with Crippen LogP contribution in [0.4, 0.5) is 0 Å². The fraction of sp³-hybridized carbons (Fsp3) is 0.312. The van der Waals surface area contributed by atoms with Crippen molar-refractivity contribution in [1.29, 1.82) is 0 Å². The Morgan fingerprint density at radius 1 is 1.40 bits per heavy atom. The Hall–Kier alpha value is -1.81. The van der Waals surface area contributed by atoms with Crippen LogP contribution in [0.25, 0.3) is 0 Å². The second kappa shape index (κ2) is 6.09. The molecule has 1 aromatic heterocycles. The van der Waals surface area contributed by atoms with Crippen LogP contribution in [-0.4, -0.2) is 29.0 Å². The van der Waals surface area contributed by atoms with Gasteiger partial charge < -0.3 is 10.0 Å². The molecule has 1 amide bonds. The normalized spacial score (nSPS) is 12.2. The van der Waals surface area contributed by atoms with Gasteiger partial charge in [0.25, 0.3) is 5.91 Å². The molecule has 0 saturated carbocycles. The third kappa shape index (κ3) is 3.20. The zero-order chi connectivity index (χ0) is 14.7. The molecule has 0 spiro atoms. The Bertz CT molecular complexity index is 593. The minimum Gasteiger partial charge on any atom is -0.507 e. The summed E-state index contributed by atoms with van der Waals surface area (Å²) < 4.78 is 0. The highest BCUT2D eigenvalue weighted by Crippen LogP contribution is 2.21. The Morgan fingerprint density at radius 3 is 2.80 bits per heavy atom. The number of thiophene rings is 1. The Morgan fingerprint density at radius 2 is 2.15 bits per heavy atom. The first-order valence-electron chi connectivity index (χ1n) is 6.58. The average Bonchev–Trinajstić information content (AvgIpc) is 2.92. The molecule has 3 nitrogen and oxygen atoms in total. The van der Waals surface area contributed by atoms with Gasteiger partial charge in [0.1, 0.15) is 5.75 Å². The van der Waals surface area contributed by atoms with Crippen LogP contribution in [0.1, 0.15) is 27.7 Å². The number of nitrogens with zero attached hydrogens (tertiary/aromatic N) is 1. The number of benzene rings is 1. The number of amides is 1. The highest BCUT2D eigenvalue weighted by Gasteiger charge is 2.20. The summed E-state index contributed by atoms with van der Waals surface area (Å²) in [5, 5.41) is 11.9. The molecule has 0 radical (unpaired) electrons. The first-order chi connectivity index (χ1) is 9.49. The molecule has 0 fully saturated rings. The summed E-state index contributed by atoms with van der Waals surface area (Å²) in [6, 6.07) is 9.26. The molecule has 0 aliphatic heterocycles. The summed E-state index contributed by atoms with van der Waals surface area (Å²) in [5.74, 6) is -0.106. The Balaban J connectivity index is 2.13. The van der Waals surface area contributed by atoms with Crippen molar-refractivity contribution in [3.05, 3.63) is 51.7 Å². The summed E-state index contributed by atoms with van der Waals surface area (Å²) in [6.07, 6.45) is 0.826. The quantitative estimate of drug-likeness (QED) is 0.936. The van der Waals surface area contributed by atoms with Gasteiger partial charge in [0.15, 0.2) is 0 Å². The fourth-order valence-electron chi connectivity index (χ4n) is 2.07. The van der Waals surface area contributed by atoms with Gasteiger partial charge in [-0.25, -0.2) is 0 Å². The van der Waals surface area contributed by atoms with Gasteiger partial charge in [-0.2, -0.15) is 0 Å². The van der Waals surface area contributed by atoms with Crippen LogP contribution in [-0.2, 0) is 6.42 Å². The van der Waals surface area contributed by atoms with E-state index in [1.165, 1.54) is 4.88 Å². The van der Waals surface area contributed by atoms with Gasteiger partial charge >= 0.3 is 0 Å². The number of phenols is 1. The number of hydrogen-bond acceptors (Lipinski definition) is 3. The molecule has 2 rings (SSSR count). The molecule has 1 N–H and O–H groups in total. The van der Waals surface area contributed by atoms with Crippen LogP contribution < -0.4 is 0 Å². The highest BCUT2D eigenvalue weighted by molar-refractivity contribution is 7.09. The molecule has 0 aliphatic carbocycles. The summed E-state index contributed by atoms with van der Waals surface area (Å²) >= 11 is 1.69. The van der Waals surface area contributed by atoms with Gasteiger partial charge in [-0.1, -0.05) is 17.7 Å². The maximum Gasteiger partial charge on any atom is 0.257 e. The lowest BCUT2D eigenvalue weighted by atomic mass is 10.1. The maximum absolute atomic E-state index is 12.5. The molecule has 0 aliphatic rings. The van der Waals surface area contributed by atoms with Gasteiger partial charge in [-0.05, 0) is 37.4 Å². The molecule has 4 heteroatoms. The maximum atomic E-state index is 12.5. The minimum atomic E-state index is -0.143.